The molecule has 8 heteroatoms. The Morgan fingerprint density at radius 2 is 2.10 bits per heavy atom. The molecule has 3 aliphatic heterocycles. The van der Waals surface area contributed by atoms with E-state index >= 15 is 0 Å². The largest absolute Gasteiger partial charge is 0.345 e. The van der Waals surface area contributed by atoms with E-state index in [-0.39, 0.29) is 24.1 Å². The highest BCUT2D eigenvalue weighted by atomic mass is 16.7. The Kier molecular flexibility index (Phi) is 4.01. The van der Waals surface area contributed by atoms with E-state index in [1.54, 1.807) is 4.90 Å². The van der Waals surface area contributed by atoms with Crippen LogP contribution in [0, 0.1) is 0 Å². The Hall–Kier alpha value is -1.38. The molecule has 0 radical (unpaired) electrons. The number of hydrogen-bond acceptors (Lipinski definition) is 5. The van der Waals surface area contributed by atoms with Crippen LogP contribution in [0.15, 0.2) is 0 Å². The van der Waals surface area contributed by atoms with Gasteiger partial charge in [0.25, 0.3) is 5.91 Å². The predicted molar refractivity (Wildman–Crippen MR) is 72.9 cm³/mol. The van der Waals surface area contributed by atoms with Crippen molar-refractivity contribution in [1.82, 2.24) is 20.3 Å². The van der Waals surface area contributed by atoms with Crippen molar-refractivity contribution in [1.29, 1.82) is 0 Å². The van der Waals surface area contributed by atoms with Crippen LogP contribution in [0.2, 0.25) is 0 Å². The van der Waals surface area contributed by atoms with Gasteiger partial charge in [0.05, 0.1) is 19.3 Å². The number of nitrogens with one attached hydrogen (secondary N) is 1. The summed E-state index contributed by atoms with van der Waals surface area (Å²) in [6, 6.07) is -0.648. The van der Waals surface area contributed by atoms with Gasteiger partial charge in [-0.05, 0) is 26.3 Å². The molecule has 3 amide bonds. The van der Waals surface area contributed by atoms with Crippen LogP contribution in [-0.4, -0.2) is 78.8 Å². The Morgan fingerprint density at radius 3 is 2.76 bits per heavy atom. The van der Waals surface area contributed by atoms with Crippen molar-refractivity contribution in [2.24, 2.45) is 0 Å². The van der Waals surface area contributed by atoms with E-state index in [1.807, 2.05) is 7.05 Å². The number of likely N-dealkylation sites (tertiary alicyclic amines) is 1. The maximum absolute atomic E-state index is 12.3. The molecule has 2 bridgehead atoms. The van der Waals surface area contributed by atoms with Crippen LogP contribution in [0.4, 0.5) is 4.79 Å². The van der Waals surface area contributed by atoms with Gasteiger partial charge in [-0.25, -0.2) is 10.3 Å². The third kappa shape index (κ3) is 2.70. The van der Waals surface area contributed by atoms with Crippen molar-refractivity contribution < 1.29 is 19.3 Å². The van der Waals surface area contributed by atoms with Crippen LogP contribution in [0.1, 0.15) is 19.3 Å². The van der Waals surface area contributed by atoms with Gasteiger partial charge in [-0.1, -0.05) is 0 Å². The first-order chi connectivity index (χ1) is 10.1. The molecule has 1 N–H and O–H groups in total. The monoisotopic (exact) mass is 298 g/mol. The summed E-state index contributed by atoms with van der Waals surface area (Å²) in [5, 5.41) is 1.36. The topological polar surface area (TPSA) is 74.3 Å². The molecule has 0 aliphatic carbocycles. The van der Waals surface area contributed by atoms with Crippen LogP contribution in [0.25, 0.3) is 0 Å². The fourth-order valence-corrected chi connectivity index (χ4v) is 3.34. The van der Waals surface area contributed by atoms with Crippen LogP contribution in [0.3, 0.4) is 0 Å². The van der Waals surface area contributed by atoms with Crippen LogP contribution < -0.4 is 5.48 Å². The van der Waals surface area contributed by atoms with Gasteiger partial charge in [0, 0.05) is 19.6 Å². The number of nitrogens with zero attached hydrogens (tertiary/aromatic N) is 3. The number of hydrogen-bond donors (Lipinski definition) is 1. The average Bonchev–Trinajstić information content (AvgIpc) is 3.00. The number of carbonyl (C=O) groups is 2. The molecular weight excluding hydrogens is 276 g/mol. The van der Waals surface area contributed by atoms with E-state index in [2.05, 4.69) is 10.4 Å². The maximum atomic E-state index is 12.3. The second-order valence-corrected chi connectivity index (χ2v) is 5.95. The standard InChI is InChI=1S/C13H22N4O4/c1-15-6-5-10(8-15)21-14-12(18)11-4-3-9-7-16(11)13(19)17(9)20-2/h9-11H,3-8H2,1-2H3,(H,14,18)/t9-,10-,11+/m1/s1. The van der Waals surface area contributed by atoms with Crippen molar-refractivity contribution in [3.05, 3.63) is 0 Å². The number of fused-ring (bicyclic) bond motifs is 2. The van der Waals surface area contributed by atoms with Gasteiger partial charge in [0.2, 0.25) is 0 Å². The minimum Gasteiger partial charge on any atom is -0.309 e. The fraction of sp³-hybridized carbons (Fsp3) is 0.846. The summed E-state index contributed by atoms with van der Waals surface area (Å²) in [5.74, 6) is -0.241. The van der Waals surface area contributed by atoms with E-state index in [0.29, 0.717) is 13.0 Å². The Morgan fingerprint density at radius 1 is 1.29 bits per heavy atom. The Bertz CT molecular complexity index is 432. The number of rotatable bonds is 4. The number of amides is 3. The van der Waals surface area contributed by atoms with Crippen LogP contribution >= 0.6 is 0 Å². The van der Waals surface area contributed by atoms with Gasteiger partial charge in [-0.15, -0.1) is 0 Å². The number of urea groups is 1. The average molecular weight is 298 g/mol. The van der Waals surface area contributed by atoms with Crippen molar-refractivity contribution in [3.63, 3.8) is 0 Å². The van der Waals surface area contributed by atoms with Crippen LogP contribution in [0.5, 0.6) is 0 Å². The molecule has 0 aromatic rings. The van der Waals surface area contributed by atoms with Gasteiger partial charge in [0.15, 0.2) is 0 Å². The lowest BCUT2D eigenvalue weighted by molar-refractivity contribution is -0.143. The zero-order valence-electron chi connectivity index (χ0n) is 12.4. The molecule has 0 spiro atoms. The molecule has 0 aromatic carbocycles. The normalized spacial score (nSPS) is 32.9. The zero-order chi connectivity index (χ0) is 15.0. The number of likely N-dealkylation sites (N-methyl/N-ethyl adjacent to an activating group) is 1. The lowest BCUT2D eigenvalue weighted by Gasteiger charge is -2.29. The van der Waals surface area contributed by atoms with Crippen molar-refractivity contribution >= 4 is 11.9 Å². The lowest BCUT2D eigenvalue weighted by atomic mass is 10.0. The molecule has 118 valence electrons. The van der Waals surface area contributed by atoms with Gasteiger partial charge in [-0.2, -0.15) is 5.06 Å². The van der Waals surface area contributed by atoms with E-state index < -0.39 is 6.04 Å². The first kappa shape index (κ1) is 14.6. The highest BCUT2D eigenvalue weighted by Crippen LogP contribution is 2.29. The second kappa shape index (κ2) is 5.78. The second-order valence-electron chi connectivity index (χ2n) is 5.95. The van der Waals surface area contributed by atoms with Crippen molar-refractivity contribution in [2.75, 3.05) is 33.8 Å². The highest BCUT2D eigenvalue weighted by molar-refractivity contribution is 5.87. The molecule has 8 nitrogen and oxygen atoms in total. The molecule has 0 aromatic heterocycles. The summed E-state index contributed by atoms with van der Waals surface area (Å²) in [6.07, 6.45) is 2.33. The Balaban J connectivity index is 1.54. The fourth-order valence-electron chi connectivity index (χ4n) is 3.34. The number of piperidine rings is 1. The third-order valence-electron chi connectivity index (χ3n) is 4.50. The van der Waals surface area contributed by atoms with Gasteiger partial charge >= 0.3 is 6.03 Å². The molecule has 3 atom stereocenters. The molecule has 3 rings (SSSR count). The van der Waals surface area contributed by atoms with Crippen molar-refractivity contribution in [2.45, 2.75) is 37.5 Å². The highest BCUT2D eigenvalue weighted by Gasteiger charge is 2.47. The predicted octanol–water partition coefficient (Wildman–Crippen LogP) is -0.432. The van der Waals surface area contributed by atoms with Gasteiger partial charge in [0.1, 0.15) is 6.04 Å². The first-order valence-corrected chi connectivity index (χ1v) is 7.38. The van der Waals surface area contributed by atoms with E-state index in [1.165, 1.54) is 12.2 Å². The molecule has 21 heavy (non-hydrogen) atoms. The third-order valence-corrected chi connectivity index (χ3v) is 4.50. The molecule has 3 aliphatic rings. The van der Waals surface area contributed by atoms with Crippen molar-refractivity contribution in [3.8, 4) is 0 Å². The summed E-state index contributed by atoms with van der Waals surface area (Å²) in [6.45, 7) is 2.32. The summed E-state index contributed by atoms with van der Waals surface area (Å²) in [7, 11) is 3.50. The van der Waals surface area contributed by atoms with E-state index in [0.717, 1.165) is 25.9 Å². The van der Waals surface area contributed by atoms with E-state index in [9.17, 15) is 9.59 Å². The van der Waals surface area contributed by atoms with Gasteiger partial charge < -0.3 is 9.80 Å². The SMILES string of the molecule is CON1C(=O)N2C[C@H]1CC[C@H]2C(=O)NO[C@@H]1CCN(C)C1. The molecule has 3 heterocycles. The van der Waals surface area contributed by atoms with E-state index in [4.69, 9.17) is 9.68 Å². The number of carbonyl (C=O) groups excluding carboxylic acids is 2. The first-order valence-electron chi connectivity index (χ1n) is 7.38. The molecular formula is C13H22N4O4. The molecule has 0 unspecified atom stereocenters. The maximum Gasteiger partial charge on any atom is 0.345 e. The van der Waals surface area contributed by atoms with Gasteiger partial charge in [-0.3, -0.25) is 14.5 Å². The molecule has 0 saturated carbocycles. The zero-order valence-corrected chi connectivity index (χ0v) is 12.4. The molecule has 3 saturated heterocycles. The quantitative estimate of drug-likeness (QED) is 0.713. The minimum atomic E-state index is -0.465. The molecule has 3 fully saturated rings. The summed E-state index contributed by atoms with van der Waals surface area (Å²) >= 11 is 0. The summed E-state index contributed by atoms with van der Waals surface area (Å²) < 4.78 is 0. The Labute approximate surface area is 123 Å². The van der Waals surface area contributed by atoms with Crippen LogP contribution in [-0.2, 0) is 14.5 Å². The number of hydroxylamine groups is 3. The summed E-state index contributed by atoms with van der Waals surface area (Å²) in [5.41, 5.74) is 2.53. The minimum absolute atomic E-state index is 0.0278. The summed E-state index contributed by atoms with van der Waals surface area (Å²) in [4.78, 5) is 38.7. The lowest BCUT2D eigenvalue weighted by Crippen LogP contribution is -2.50. The smallest absolute Gasteiger partial charge is 0.309 e.